The van der Waals surface area contributed by atoms with Crippen molar-refractivity contribution in [1.82, 2.24) is 15.1 Å². The van der Waals surface area contributed by atoms with Gasteiger partial charge in [-0.15, -0.1) is 0 Å². The van der Waals surface area contributed by atoms with Gasteiger partial charge in [-0.25, -0.2) is 0 Å². The summed E-state index contributed by atoms with van der Waals surface area (Å²) in [6, 6.07) is 1.61. The second kappa shape index (κ2) is 7.77. The number of nitrogens with two attached hydrogens (primary N) is 1. The van der Waals surface area contributed by atoms with E-state index in [2.05, 4.69) is 22.1 Å². The summed E-state index contributed by atoms with van der Waals surface area (Å²) in [5.74, 6) is -0.0987. The number of anilines is 1. The summed E-state index contributed by atoms with van der Waals surface area (Å²) >= 11 is 0. The number of aromatic amines is 1. The molecule has 1 aromatic heterocycles. The van der Waals surface area contributed by atoms with Crippen LogP contribution in [0, 0.1) is 0 Å². The van der Waals surface area contributed by atoms with Crippen molar-refractivity contribution >= 4 is 11.7 Å². The molecular formula is C17H18F3N5O. The number of nitrogens with zero attached hydrogens (tertiary/aromatic N) is 2. The molecule has 0 aliphatic carbocycles. The molecule has 1 aromatic rings. The van der Waals surface area contributed by atoms with Crippen LogP contribution in [0.15, 0.2) is 71.8 Å². The number of carbonyl (C=O) groups is 1. The lowest BCUT2D eigenvalue weighted by Gasteiger charge is -2.29. The quantitative estimate of drug-likeness (QED) is 0.677. The zero-order valence-electron chi connectivity index (χ0n) is 14.0. The Morgan fingerprint density at radius 3 is 2.77 bits per heavy atom. The van der Waals surface area contributed by atoms with Crippen molar-refractivity contribution in [3.63, 3.8) is 0 Å². The van der Waals surface area contributed by atoms with E-state index in [0.29, 0.717) is 5.82 Å². The van der Waals surface area contributed by atoms with Crippen molar-refractivity contribution in [3.8, 4) is 0 Å². The third-order valence-corrected chi connectivity index (χ3v) is 3.54. The second-order valence-corrected chi connectivity index (χ2v) is 5.42. The Labute approximate surface area is 148 Å². The summed E-state index contributed by atoms with van der Waals surface area (Å²) in [7, 11) is 1.68. The van der Waals surface area contributed by atoms with E-state index >= 15 is 0 Å². The number of hydrogen-bond acceptors (Lipinski definition) is 4. The number of nitrogens with one attached hydrogen (secondary N) is 2. The van der Waals surface area contributed by atoms with E-state index in [0.717, 1.165) is 12.2 Å². The topological polar surface area (TPSA) is 87.0 Å². The van der Waals surface area contributed by atoms with Crippen molar-refractivity contribution in [1.29, 1.82) is 0 Å². The number of amides is 1. The van der Waals surface area contributed by atoms with Gasteiger partial charge < -0.3 is 16.0 Å². The van der Waals surface area contributed by atoms with Crippen molar-refractivity contribution in [2.45, 2.75) is 6.18 Å². The maximum atomic E-state index is 13.3. The van der Waals surface area contributed by atoms with Gasteiger partial charge in [0.2, 0.25) is 0 Å². The smallest absolute Gasteiger partial charge is 0.365 e. The van der Waals surface area contributed by atoms with Gasteiger partial charge in [0.05, 0.1) is 17.3 Å². The number of rotatable bonds is 6. The van der Waals surface area contributed by atoms with Crippen LogP contribution in [-0.4, -0.2) is 40.8 Å². The van der Waals surface area contributed by atoms with E-state index < -0.39 is 17.7 Å². The highest BCUT2D eigenvalue weighted by molar-refractivity contribution is 5.99. The molecule has 0 saturated carbocycles. The standard InChI is InChI=1S/C17H18F3N5O/c1-3-4-5-12(17(18,19)20)10-11-7-9-25(2)16(14(11)15(21)26)23-13-6-8-22-24-13/h3-8,10H,1,9H2,2H3,(H2,21,26)(H2,22,23,24)/b5-4-,12-10-. The molecule has 9 heteroatoms. The van der Waals surface area contributed by atoms with Crippen molar-refractivity contribution in [2.75, 3.05) is 18.9 Å². The minimum atomic E-state index is -4.59. The number of hydrogen-bond donors (Lipinski definition) is 3. The second-order valence-electron chi connectivity index (χ2n) is 5.42. The highest BCUT2D eigenvalue weighted by atomic mass is 19.4. The van der Waals surface area contributed by atoms with Crippen LogP contribution in [0.2, 0.25) is 0 Å². The number of carbonyl (C=O) groups excluding carboxylic acids is 1. The number of primary amides is 1. The molecule has 0 bridgehead atoms. The van der Waals surface area contributed by atoms with Gasteiger partial charge in [0.25, 0.3) is 5.91 Å². The van der Waals surface area contributed by atoms with Crippen LogP contribution in [0.4, 0.5) is 19.0 Å². The van der Waals surface area contributed by atoms with Crippen molar-refractivity contribution < 1.29 is 18.0 Å². The normalized spacial score (nSPS) is 16.1. The Kier molecular flexibility index (Phi) is 5.71. The fourth-order valence-electron chi connectivity index (χ4n) is 2.32. The summed E-state index contributed by atoms with van der Waals surface area (Å²) < 4.78 is 39.8. The predicted molar refractivity (Wildman–Crippen MR) is 92.6 cm³/mol. The van der Waals surface area contributed by atoms with E-state index in [1.54, 1.807) is 18.0 Å². The summed E-state index contributed by atoms with van der Waals surface area (Å²) in [6.45, 7) is 3.65. The zero-order chi connectivity index (χ0) is 19.3. The molecule has 6 nitrogen and oxygen atoms in total. The molecule has 0 saturated heterocycles. The largest absolute Gasteiger partial charge is 0.416 e. The van der Waals surface area contributed by atoms with Crippen LogP contribution in [-0.2, 0) is 4.79 Å². The van der Waals surface area contributed by atoms with Gasteiger partial charge in [-0.2, -0.15) is 18.3 Å². The average Bonchev–Trinajstić information content (AvgIpc) is 3.05. The van der Waals surface area contributed by atoms with E-state index in [1.807, 2.05) is 0 Å². The van der Waals surface area contributed by atoms with Gasteiger partial charge in [-0.3, -0.25) is 9.89 Å². The number of likely N-dealkylation sites (N-methyl/N-ethyl adjacent to an activating group) is 1. The third kappa shape index (κ3) is 4.44. The van der Waals surface area contributed by atoms with E-state index in [1.165, 1.54) is 24.4 Å². The van der Waals surface area contributed by atoms with Gasteiger partial charge in [0, 0.05) is 19.7 Å². The first-order chi connectivity index (χ1) is 12.2. The molecule has 2 rings (SSSR count). The molecule has 0 atom stereocenters. The Bertz CT molecular complexity index is 801. The lowest BCUT2D eigenvalue weighted by molar-refractivity contribution is -0.114. The van der Waals surface area contributed by atoms with Crippen molar-refractivity contribution in [2.24, 2.45) is 5.73 Å². The Hall–Kier alpha value is -3.23. The van der Waals surface area contributed by atoms with Gasteiger partial charge in [0.15, 0.2) is 0 Å². The molecule has 26 heavy (non-hydrogen) atoms. The molecule has 138 valence electrons. The highest BCUT2D eigenvalue weighted by Gasteiger charge is 2.33. The molecule has 1 amide bonds. The van der Waals surface area contributed by atoms with Crippen LogP contribution in [0.3, 0.4) is 0 Å². The van der Waals surface area contributed by atoms with Gasteiger partial charge in [-0.05, 0) is 11.6 Å². The van der Waals surface area contributed by atoms with Crippen LogP contribution >= 0.6 is 0 Å². The summed E-state index contributed by atoms with van der Waals surface area (Å²) in [5, 5.41) is 9.37. The first-order valence-electron chi connectivity index (χ1n) is 7.54. The lowest BCUT2D eigenvalue weighted by atomic mass is 9.98. The molecule has 1 aliphatic rings. The number of alkyl halides is 3. The Morgan fingerprint density at radius 1 is 1.50 bits per heavy atom. The Morgan fingerprint density at radius 2 is 2.23 bits per heavy atom. The molecule has 1 aliphatic heterocycles. The van der Waals surface area contributed by atoms with Gasteiger partial charge >= 0.3 is 6.18 Å². The fraction of sp³-hybridized carbons (Fsp3) is 0.176. The summed E-state index contributed by atoms with van der Waals surface area (Å²) in [5.41, 5.74) is 4.55. The first-order valence-corrected chi connectivity index (χ1v) is 7.54. The van der Waals surface area contributed by atoms with Gasteiger partial charge in [0.1, 0.15) is 11.6 Å². The molecule has 4 N–H and O–H groups in total. The van der Waals surface area contributed by atoms with Crippen LogP contribution < -0.4 is 11.1 Å². The van der Waals surface area contributed by atoms with Gasteiger partial charge in [-0.1, -0.05) is 30.9 Å². The number of H-pyrrole nitrogens is 1. The molecule has 0 aromatic carbocycles. The molecule has 0 fully saturated rings. The van der Waals surface area contributed by atoms with E-state index in [9.17, 15) is 18.0 Å². The molecule has 2 heterocycles. The number of allylic oxidation sites excluding steroid dienone is 5. The van der Waals surface area contributed by atoms with Crippen LogP contribution in [0.5, 0.6) is 0 Å². The minimum Gasteiger partial charge on any atom is -0.365 e. The molecule has 0 spiro atoms. The van der Waals surface area contributed by atoms with E-state index in [4.69, 9.17) is 5.73 Å². The van der Waals surface area contributed by atoms with E-state index in [-0.39, 0.29) is 23.5 Å². The zero-order valence-corrected chi connectivity index (χ0v) is 14.0. The van der Waals surface area contributed by atoms with Crippen LogP contribution in [0.25, 0.3) is 0 Å². The highest BCUT2D eigenvalue weighted by Crippen LogP contribution is 2.31. The number of halogens is 3. The maximum absolute atomic E-state index is 13.3. The molecule has 0 radical (unpaired) electrons. The third-order valence-electron chi connectivity index (χ3n) is 3.54. The summed E-state index contributed by atoms with van der Waals surface area (Å²) in [6.07, 6.45) is 2.59. The summed E-state index contributed by atoms with van der Waals surface area (Å²) in [4.78, 5) is 13.6. The average molecular weight is 365 g/mol. The maximum Gasteiger partial charge on any atom is 0.416 e. The Balaban J connectivity index is 2.53. The first kappa shape index (κ1) is 19.1. The monoisotopic (exact) mass is 365 g/mol. The minimum absolute atomic E-state index is 0.0536. The molecular weight excluding hydrogens is 347 g/mol. The lowest BCUT2D eigenvalue weighted by Crippen LogP contribution is -2.33. The number of aromatic nitrogens is 2. The predicted octanol–water partition coefficient (Wildman–Crippen LogP) is 2.62. The SMILES string of the molecule is C=C/C=C\C(=C\C1=CCN(C)C(Nc2ccn[nH]2)=C1C(N)=O)C(F)(F)F. The van der Waals surface area contributed by atoms with Crippen molar-refractivity contribution in [3.05, 3.63) is 71.8 Å². The molecule has 0 unspecified atom stereocenters. The van der Waals surface area contributed by atoms with Crippen LogP contribution in [0.1, 0.15) is 0 Å². The fourth-order valence-corrected chi connectivity index (χ4v) is 2.32.